The first kappa shape index (κ1) is 21.2. The van der Waals surface area contributed by atoms with E-state index in [0.29, 0.717) is 5.82 Å². The standard InChI is InChI=1S/C26H22FN5S/c1-17-22(20-9-10-21(27)30-16-20)23-24(33-17)26(29-13-5-8-18-6-3-2-4-7-18)32-25(31-23)19-11-14-28-15-12-19/h2-4,6-7,9-12,14-16H,5,8,13H2,1H3,(H,29,31,32). The first-order chi connectivity index (χ1) is 16.2. The summed E-state index contributed by atoms with van der Waals surface area (Å²) in [5, 5.41) is 3.54. The van der Waals surface area contributed by atoms with Crippen molar-refractivity contribution in [2.75, 3.05) is 11.9 Å². The number of halogens is 1. The number of hydrogen-bond donors (Lipinski definition) is 1. The van der Waals surface area contributed by atoms with Crippen LogP contribution in [0.4, 0.5) is 10.2 Å². The molecule has 0 aliphatic carbocycles. The van der Waals surface area contributed by atoms with Crippen LogP contribution in [0.1, 0.15) is 16.9 Å². The van der Waals surface area contributed by atoms with E-state index >= 15 is 0 Å². The molecule has 4 aromatic heterocycles. The van der Waals surface area contributed by atoms with Gasteiger partial charge in [-0.25, -0.2) is 15.0 Å². The van der Waals surface area contributed by atoms with Gasteiger partial charge in [-0.3, -0.25) is 4.98 Å². The number of nitrogens with one attached hydrogen (secondary N) is 1. The lowest BCUT2D eigenvalue weighted by molar-refractivity contribution is 0.584. The number of thiophene rings is 1. The average molecular weight is 456 g/mol. The predicted octanol–water partition coefficient (Wildman–Crippen LogP) is 6.31. The Morgan fingerprint density at radius 1 is 0.939 bits per heavy atom. The van der Waals surface area contributed by atoms with Crippen molar-refractivity contribution >= 4 is 27.4 Å². The lowest BCUT2D eigenvalue weighted by Gasteiger charge is -2.10. The largest absolute Gasteiger partial charge is 0.369 e. The Kier molecular flexibility index (Phi) is 6.04. The zero-order chi connectivity index (χ0) is 22.6. The van der Waals surface area contributed by atoms with Crippen molar-refractivity contribution < 1.29 is 4.39 Å². The highest BCUT2D eigenvalue weighted by atomic mass is 32.1. The maximum atomic E-state index is 13.4. The van der Waals surface area contributed by atoms with Gasteiger partial charge in [0.2, 0.25) is 5.95 Å². The fourth-order valence-electron chi connectivity index (χ4n) is 3.85. The molecule has 0 spiro atoms. The Morgan fingerprint density at radius 3 is 2.52 bits per heavy atom. The highest BCUT2D eigenvalue weighted by Gasteiger charge is 2.19. The van der Waals surface area contributed by atoms with E-state index in [9.17, 15) is 4.39 Å². The third-order valence-electron chi connectivity index (χ3n) is 5.44. The van der Waals surface area contributed by atoms with Crippen LogP contribution in [-0.2, 0) is 6.42 Å². The summed E-state index contributed by atoms with van der Waals surface area (Å²) in [6.45, 7) is 2.84. The van der Waals surface area contributed by atoms with Crippen molar-refractivity contribution in [1.82, 2.24) is 19.9 Å². The molecule has 0 unspecified atom stereocenters. The molecule has 0 radical (unpaired) electrons. The van der Waals surface area contributed by atoms with Crippen molar-refractivity contribution in [3.8, 4) is 22.5 Å². The summed E-state index contributed by atoms with van der Waals surface area (Å²) in [5.41, 5.74) is 4.87. The van der Waals surface area contributed by atoms with Gasteiger partial charge in [-0.15, -0.1) is 11.3 Å². The second-order valence-electron chi connectivity index (χ2n) is 7.73. The van der Waals surface area contributed by atoms with Gasteiger partial charge in [-0.1, -0.05) is 30.3 Å². The topological polar surface area (TPSA) is 63.6 Å². The molecule has 5 rings (SSSR count). The molecular weight excluding hydrogens is 433 g/mol. The van der Waals surface area contributed by atoms with Crippen LogP contribution < -0.4 is 5.32 Å². The number of nitrogens with zero attached hydrogens (tertiary/aromatic N) is 4. The second kappa shape index (κ2) is 9.42. The Bertz CT molecular complexity index is 1370. The first-order valence-electron chi connectivity index (χ1n) is 10.8. The molecule has 5 aromatic rings. The van der Waals surface area contributed by atoms with Gasteiger partial charge >= 0.3 is 0 Å². The molecule has 0 amide bonds. The third kappa shape index (κ3) is 4.59. The Hall–Kier alpha value is -3.71. The third-order valence-corrected chi connectivity index (χ3v) is 6.54. The van der Waals surface area contributed by atoms with Gasteiger partial charge in [0.1, 0.15) is 5.82 Å². The summed E-state index contributed by atoms with van der Waals surface area (Å²) in [4.78, 5) is 18.8. The summed E-state index contributed by atoms with van der Waals surface area (Å²) in [7, 11) is 0. The van der Waals surface area contributed by atoms with Crippen LogP contribution in [-0.4, -0.2) is 26.5 Å². The Balaban J connectivity index is 1.52. The molecule has 0 fully saturated rings. The van der Waals surface area contributed by atoms with Crippen molar-refractivity contribution in [1.29, 1.82) is 0 Å². The highest BCUT2D eigenvalue weighted by molar-refractivity contribution is 7.20. The molecule has 1 N–H and O–H groups in total. The minimum Gasteiger partial charge on any atom is -0.369 e. The summed E-state index contributed by atoms with van der Waals surface area (Å²) in [6, 6.07) is 17.4. The molecule has 0 bridgehead atoms. The molecule has 33 heavy (non-hydrogen) atoms. The van der Waals surface area contributed by atoms with E-state index in [4.69, 9.17) is 9.97 Å². The molecule has 0 aliphatic heterocycles. The Labute approximate surface area is 195 Å². The number of aryl methyl sites for hydroxylation is 2. The zero-order valence-electron chi connectivity index (χ0n) is 18.1. The van der Waals surface area contributed by atoms with E-state index in [2.05, 4.69) is 46.5 Å². The number of hydrogen-bond acceptors (Lipinski definition) is 6. The van der Waals surface area contributed by atoms with Crippen LogP contribution in [0.2, 0.25) is 0 Å². The number of aromatic nitrogens is 4. The molecule has 0 aliphatic rings. The fourth-order valence-corrected chi connectivity index (χ4v) is 4.93. The smallest absolute Gasteiger partial charge is 0.212 e. The molecule has 0 atom stereocenters. The maximum absolute atomic E-state index is 13.4. The average Bonchev–Trinajstić information content (AvgIpc) is 3.19. The summed E-state index contributed by atoms with van der Waals surface area (Å²) >= 11 is 1.64. The van der Waals surface area contributed by atoms with Gasteiger partial charge in [0.15, 0.2) is 5.82 Å². The molecular formula is C26H22FN5S. The molecule has 7 heteroatoms. The van der Waals surface area contributed by atoms with E-state index in [1.54, 1.807) is 36.0 Å². The van der Waals surface area contributed by atoms with Crippen LogP contribution in [0, 0.1) is 12.9 Å². The van der Waals surface area contributed by atoms with Gasteiger partial charge in [-0.05, 0) is 49.6 Å². The van der Waals surface area contributed by atoms with Crippen molar-refractivity contribution in [2.45, 2.75) is 19.8 Å². The minimum absolute atomic E-state index is 0.496. The van der Waals surface area contributed by atoms with E-state index in [1.165, 1.54) is 11.6 Å². The molecule has 5 nitrogen and oxygen atoms in total. The van der Waals surface area contributed by atoms with E-state index < -0.39 is 5.95 Å². The van der Waals surface area contributed by atoms with Gasteiger partial charge in [0.25, 0.3) is 0 Å². The van der Waals surface area contributed by atoms with Crippen LogP contribution in [0.5, 0.6) is 0 Å². The number of fused-ring (bicyclic) bond motifs is 1. The molecule has 0 saturated heterocycles. The fraction of sp³-hybridized carbons (Fsp3) is 0.154. The van der Waals surface area contributed by atoms with Crippen molar-refractivity contribution in [3.63, 3.8) is 0 Å². The van der Waals surface area contributed by atoms with Crippen molar-refractivity contribution in [2.24, 2.45) is 0 Å². The zero-order valence-corrected chi connectivity index (χ0v) is 18.9. The van der Waals surface area contributed by atoms with Crippen LogP contribution >= 0.6 is 11.3 Å². The van der Waals surface area contributed by atoms with Gasteiger partial charge in [0, 0.05) is 46.7 Å². The normalized spacial score (nSPS) is 11.1. The maximum Gasteiger partial charge on any atom is 0.212 e. The molecule has 1 aromatic carbocycles. The Morgan fingerprint density at radius 2 is 1.76 bits per heavy atom. The quantitative estimate of drug-likeness (QED) is 0.230. The molecule has 4 heterocycles. The SMILES string of the molecule is Cc1sc2c(NCCCc3ccccc3)nc(-c3ccncc3)nc2c1-c1ccc(F)nc1. The number of pyridine rings is 2. The van der Waals surface area contributed by atoms with Crippen LogP contribution in [0.3, 0.4) is 0 Å². The second-order valence-corrected chi connectivity index (χ2v) is 8.95. The molecule has 0 saturated carbocycles. The first-order valence-corrected chi connectivity index (χ1v) is 11.6. The van der Waals surface area contributed by atoms with Gasteiger partial charge in [0.05, 0.1) is 10.2 Å². The van der Waals surface area contributed by atoms with Gasteiger partial charge < -0.3 is 5.32 Å². The number of benzene rings is 1. The van der Waals surface area contributed by atoms with Crippen molar-refractivity contribution in [3.05, 3.63) is 89.6 Å². The lowest BCUT2D eigenvalue weighted by atomic mass is 10.1. The van der Waals surface area contributed by atoms with Crippen LogP contribution in [0.15, 0.2) is 73.2 Å². The highest BCUT2D eigenvalue weighted by Crippen LogP contribution is 2.40. The van der Waals surface area contributed by atoms with E-state index in [0.717, 1.165) is 57.0 Å². The number of rotatable bonds is 7. The monoisotopic (exact) mass is 455 g/mol. The minimum atomic E-state index is -0.496. The number of anilines is 1. The van der Waals surface area contributed by atoms with Gasteiger partial charge in [-0.2, -0.15) is 4.39 Å². The van der Waals surface area contributed by atoms with Crippen LogP contribution in [0.25, 0.3) is 32.7 Å². The van der Waals surface area contributed by atoms with E-state index in [-0.39, 0.29) is 0 Å². The molecule has 164 valence electrons. The summed E-state index contributed by atoms with van der Waals surface area (Å²) in [6.07, 6.45) is 7.01. The summed E-state index contributed by atoms with van der Waals surface area (Å²) < 4.78 is 14.4. The lowest BCUT2D eigenvalue weighted by Crippen LogP contribution is -2.06. The summed E-state index contributed by atoms with van der Waals surface area (Å²) in [5.74, 6) is 0.947. The van der Waals surface area contributed by atoms with E-state index in [1.807, 2.05) is 18.2 Å². The predicted molar refractivity (Wildman–Crippen MR) is 132 cm³/mol.